The highest BCUT2D eigenvalue weighted by Gasteiger charge is 2.00. The molecule has 0 amide bonds. The van der Waals surface area contributed by atoms with Crippen LogP contribution in [0.25, 0.3) is 0 Å². The van der Waals surface area contributed by atoms with Crippen molar-refractivity contribution in [2.45, 2.75) is 19.9 Å². The average Bonchev–Trinajstić information content (AvgIpc) is 2.47. The van der Waals surface area contributed by atoms with Crippen molar-refractivity contribution >= 4 is 33.2 Å². The normalized spacial score (nSPS) is 10.3. The maximum absolute atomic E-state index is 6.07. The number of anilines is 1. The van der Waals surface area contributed by atoms with E-state index in [1.165, 1.54) is 5.56 Å². The highest BCUT2D eigenvalue weighted by atomic mass is 79.9. The van der Waals surface area contributed by atoms with Gasteiger partial charge in [0, 0.05) is 16.7 Å². The molecule has 0 fully saturated rings. The number of hydrogen-bond donors (Lipinski definition) is 1. The SMILES string of the molecule is CCCOc1cccc(CNc2ccc(Br)c(Cl)c2)c1. The van der Waals surface area contributed by atoms with Crippen LogP contribution in [0.4, 0.5) is 5.69 Å². The average molecular weight is 355 g/mol. The van der Waals surface area contributed by atoms with Gasteiger partial charge in [-0.25, -0.2) is 0 Å². The largest absolute Gasteiger partial charge is 0.494 e. The molecule has 1 N–H and O–H groups in total. The van der Waals surface area contributed by atoms with Crippen molar-refractivity contribution in [2.75, 3.05) is 11.9 Å². The van der Waals surface area contributed by atoms with Crippen LogP contribution in [0, 0.1) is 0 Å². The van der Waals surface area contributed by atoms with Crippen LogP contribution in [0.3, 0.4) is 0 Å². The molecule has 106 valence electrons. The molecule has 0 aromatic heterocycles. The molecule has 2 rings (SSSR count). The summed E-state index contributed by atoms with van der Waals surface area (Å²) in [5.41, 5.74) is 2.18. The second kappa shape index (κ2) is 7.55. The van der Waals surface area contributed by atoms with Crippen molar-refractivity contribution in [2.24, 2.45) is 0 Å². The van der Waals surface area contributed by atoms with E-state index in [0.717, 1.165) is 35.5 Å². The molecular formula is C16H17BrClNO. The summed E-state index contributed by atoms with van der Waals surface area (Å²) in [6.07, 6.45) is 1.01. The summed E-state index contributed by atoms with van der Waals surface area (Å²) in [5, 5.41) is 4.06. The van der Waals surface area contributed by atoms with Crippen LogP contribution in [-0.2, 0) is 6.54 Å². The number of rotatable bonds is 6. The second-order valence-corrected chi connectivity index (χ2v) is 5.74. The third-order valence-electron chi connectivity index (χ3n) is 2.79. The molecule has 0 aliphatic heterocycles. The summed E-state index contributed by atoms with van der Waals surface area (Å²) >= 11 is 9.45. The minimum Gasteiger partial charge on any atom is -0.494 e. The predicted molar refractivity (Wildman–Crippen MR) is 88.7 cm³/mol. The van der Waals surface area contributed by atoms with Crippen LogP contribution in [0.2, 0.25) is 5.02 Å². The van der Waals surface area contributed by atoms with Gasteiger partial charge < -0.3 is 10.1 Å². The van der Waals surface area contributed by atoms with E-state index in [1.54, 1.807) is 0 Å². The fraction of sp³-hybridized carbons (Fsp3) is 0.250. The van der Waals surface area contributed by atoms with Crippen molar-refractivity contribution in [3.63, 3.8) is 0 Å². The summed E-state index contributed by atoms with van der Waals surface area (Å²) < 4.78 is 6.53. The van der Waals surface area contributed by atoms with E-state index in [2.05, 4.69) is 40.3 Å². The standard InChI is InChI=1S/C16H17BrClNO/c1-2-8-20-14-5-3-4-12(9-14)11-19-13-6-7-15(17)16(18)10-13/h3-7,9-10,19H,2,8,11H2,1H3. The Hall–Kier alpha value is -1.19. The van der Waals surface area contributed by atoms with Crippen molar-refractivity contribution < 1.29 is 4.74 Å². The number of benzene rings is 2. The van der Waals surface area contributed by atoms with Gasteiger partial charge in [-0.2, -0.15) is 0 Å². The highest BCUT2D eigenvalue weighted by molar-refractivity contribution is 9.10. The first-order valence-corrected chi connectivity index (χ1v) is 7.77. The minimum absolute atomic E-state index is 0.704. The summed E-state index contributed by atoms with van der Waals surface area (Å²) in [4.78, 5) is 0. The maximum Gasteiger partial charge on any atom is 0.119 e. The molecule has 0 unspecified atom stereocenters. The quantitative estimate of drug-likeness (QED) is 0.739. The van der Waals surface area contributed by atoms with Gasteiger partial charge in [0.05, 0.1) is 11.6 Å². The highest BCUT2D eigenvalue weighted by Crippen LogP contribution is 2.26. The van der Waals surface area contributed by atoms with Crippen molar-refractivity contribution in [1.82, 2.24) is 0 Å². The number of hydrogen-bond acceptors (Lipinski definition) is 2. The molecular weight excluding hydrogens is 338 g/mol. The zero-order chi connectivity index (χ0) is 14.4. The van der Waals surface area contributed by atoms with E-state index in [-0.39, 0.29) is 0 Å². The molecule has 0 aliphatic carbocycles. The van der Waals surface area contributed by atoms with Gasteiger partial charge in [-0.15, -0.1) is 0 Å². The first-order valence-electron chi connectivity index (χ1n) is 6.59. The lowest BCUT2D eigenvalue weighted by Crippen LogP contribution is -2.00. The van der Waals surface area contributed by atoms with Crippen LogP contribution in [0.15, 0.2) is 46.9 Å². The fourth-order valence-corrected chi connectivity index (χ4v) is 2.20. The third kappa shape index (κ3) is 4.43. The predicted octanol–water partition coefficient (Wildman–Crippen LogP) is 5.50. The van der Waals surface area contributed by atoms with Crippen LogP contribution < -0.4 is 10.1 Å². The smallest absolute Gasteiger partial charge is 0.119 e. The number of ether oxygens (including phenoxy) is 1. The molecule has 2 nitrogen and oxygen atoms in total. The van der Waals surface area contributed by atoms with Gasteiger partial charge in [0.2, 0.25) is 0 Å². The lowest BCUT2D eigenvalue weighted by Gasteiger charge is -2.10. The van der Waals surface area contributed by atoms with Gasteiger partial charge in [-0.3, -0.25) is 0 Å². The van der Waals surface area contributed by atoms with E-state index in [1.807, 2.05) is 30.3 Å². The summed E-state index contributed by atoms with van der Waals surface area (Å²) in [5.74, 6) is 0.917. The van der Waals surface area contributed by atoms with Crippen molar-refractivity contribution in [3.05, 3.63) is 57.5 Å². The van der Waals surface area contributed by atoms with E-state index >= 15 is 0 Å². The van der Waals surface area contributed by atoms with Gasteiger partial charge in [0.25, 0.3) is 0 Å². The molecule has 0 radical (unpaired) electrons. The molecule has 0 spiro atoms. The van der Waals surface area contributed by atoms with E-state index < -0.39 is 0 Å². The molecule has 2 aromatic carbocycles. The molecule has 20 heavy (non-hydrogen) atoms. The molecule has 0 saturated carbocycles. The van der Waals surface area contributed by atoms with E-state index in [0.29, 0.717) is 5.02 Å². The van der Waals surface area contributed by atoms with Crippen molar-refractivity contribution in [1.29, 1.82) is 0 Å². The van der Waals surface area contributed by atoms with Gasteiger partial charge in [0.1, 0.15) is 5.75 Å². The van der Waals surface area contributed by atoms with Crippen LogP contribution in [-0.4, -0.2) is 6.61 Å². The Morgan fingerprint density at radius 1 is 1.20 bits per heavy atom. The molecule has 0 atom stereocenters. The Morgan fingerprint density at radius 2 is 2.05 bits per heavy atom. The molecule has 2 aromatic rings. The first-order chi connectivity index (χ1) is 9.69. The minimum atomic E-state index is 0.704. The monoisotopic (exact) mass is 353 g/mol. The lowest BCUT2D eigenvalue weighted by atomic mass is 10.2. The Kier molecular flexibility index (Phi) is 5.74. The van der Waals surface area contributed by atoms with Crippen LogP contribution >= 0.6 is 27.5 Å². The fourth-order valence-electron chi connectivity index (χ4n) is 1.78. The van der Waals surface area contributed by atoms with E-state index in [9.17, 15) is 0 Å². The Balaban J connectivity index is 1.97. The first kappa shape index (κ1) is 15.2. The molecule has 0 saturated heterocycles. The van der Waals surface area contributed by atoms with Crippen LogP contribution in [0.5, 0.6) is 5.75 Å². The van der Waals surface area contributed by atoms with Gasteiger partial charge in [-0.05, 0) is 58.2 Å². The maximum atomic E-state index is 6.07. The summed E-state index contributed by atoms with van der Waals surface area (Å²) in [6, 6.07) is 14.0. The zero-order valence-corrected chi connectivity index (χ0v) is 13.7. The number of nitrogens with one attached hydrogen (secondary N) is 1. The molecule has 0 aliphatic rings. The second-order valence-electron chi connectivity index (χ2n) is 4.48. The van der Waals surface area contributed by atoms with E-state index in [4.69, 9.17) is 16.3 Å². The van der Waals surface area contributed by atoms with Gasteiger partial charge in [0.15, 0.2) is 0 Å². The van der Waals surface area contributed by atoms with Gasteiger partial charge >= 0.3 is 0 Å². The molecule has 0 heterocycles. The topological polar surface area (TPSA) is 21.3 Å². The Morgan fingerprint density at radius 3 is 2.80 bits per heavy atom. The Bertz CT molecular complexity index is 574. The third-order valence-corrected chi connectivity index (χ3v) is 4.02. The Labute approximate surface area is 133 Å². The number of halogens is 2. The van der Waals surface area contributed by atoms with Gasteiger partial charge in [-0.1, -0.05) is 30.7 Å². The molecule has 0 bridgehead atoms. The molecule has 4 heteroatoms. The lowest BCUT2D eigenvalue weighted by molar-refractivity contribution is 0.317. The summed E-state index contributed by atoms with van der Waals surface area (Å²) in [6.45, 7) is 3.59. The zero-order valence-electron chi connectivity index (χ0n) is 11.3. The van der Waals surface area contributed by atoms with Crippen LogP contribution in [0.1, 0.15) is 18.9 Å². The van der Waals surface area contributed by atoms with Crippen molar-refractivity contribution in [3.8, 4) is 5.75 Å². The summed E-state index contributed by atoms with van der Waals surface area (Å²) in [7, 11) is 0.